The van der Waals surface area contributed by atoms with E-state index in [4.69, 9.17) is 5.11 Å². The van der Waals surface area contributed by atoms with Gasteiger partial charge in [-0.15, -0.1) is 10.2 Å². The zero-order valence-electron chi connectivity index (χ0n) is 11.2. The molecule has 0 aliphatic carbocycles. The van der Waals surface area contributed by atoms with Crippen molar-refractivity contribution in [2.45, 2.75) is 19.3 Å². The maximum atomic E-state index is 11.9. The summed E-state index contributed by atoms with van der Waals surface area (Å²) in [6.45, 7) is 0.457. The summed E-state index contributed by atoms with van der Waals surface area (Å²) in [4.78, 5) is 22.2. The molecule has 1 aromatic carbocycles. The van der Waals surface area contributed by atoms with Gasteiger partial charge in [0, 0.05) is 24.1 Å². The average molecular weight is 289 g/mol. The molecule has 0 aliphatic heterocycles. The van der Waals surface area contributed by atoms with Crippen LogP contribution in [-0.2, 0) is 4.79 Å². The number of aromatic nitrogens is 4. The monoisotopic (exact) mass is 289 g/mol. The Morgan fingerprint density at radius 1 is 1.19 bits per heavy atom. The van der Waals surface area contributed by atoms with Gasteiger partial charge in [-0.2, -0.15) is 5.21 Å². The molecule has 110 valence electrons. The van der Waals surface area contributed by atoms with Crippen molar-refractivity contribution in [3.8, 4) is 11.4 Å². The zero-order valence-corrected chi connectivity index (χ0v) is 11.2. The number of carboxylic acid groups (broad SMARTS) is 1. The van der Waals surface area contributed by atoms with Crippen LogP contribution >= 0.6 is 0 Å². The lowest BCUT2D eigenvalue weighted by Gasteiger charge is -2.05. The summed E-state index contributed by atoms with van der Waals surface area (Å²) in [5.41, 5.74) is 1.29. The highest BCUT2D eigenvalue weighted by molar-refractivity contribution is 5.94. The molecular formula is C13H15N5O3. The average Bonchev–Trinajstić information content (AvgIpc) is 3.01. The second-order valence-electron chi connectivity index (χ2n) is 4.42. The van der Waals surface area contributed by atoms with Gasteiger partial charge >= 0.3 is 5.97 Å². The number of benzene rings is 1. The number of hydrogen-bond acceptors (Lipinski definition) is 5. The normalized spacial score (nSPS) is 10.3. The molecule has 8 heteroatoms. The third-order valence-electron chi connectivity index (χ3n) is 2.85. The number of hydrogen-bond donors (Lipinski definition) is 3. The highest BCUT2D eigenvalue weighted by Gasteiger charge is 2.07. The fourth-order valence-electron chi connectivity index (χ4n) is 1.76. The molecule has 21 heavy (non-hydrogen) atoms. The van der Waals surface area contributed by atoms with Crippen LogP contribution in [0.1, 0.15) is 29.6 Å². The lowest BCUT2D eigenvalue weighted by molar-refractivity contribution is -0.137. The Morgan fingerprint density at radius 2 is 1.95 bits per heavy atom. The predicted octanol–water partition coefficient (Wildman–Crippen LogP) is 0.851. The number of carboxylic acids is 1. The second kappa shape index (κ2) is 7.13. The van der Waals surface area contributed by atoms with Crippen molar-refractivity contribution in [2.75, 3.05) is 6.54 Å². The van der Waals surface area contributed by atoms with Crippen molar-refractivity contribution >= 4 is 11.9 Å². The molecule has 3 N–H and O–H groups in total. The van der Waals surface area contributed by atoms with E-state index in [-0.39, 0.29) is 12.3 Å². The van der Waals surface area contributed by atoms with E-state index in [0.29, 0.717) is 30.8 Å². The second-order valence-corrected chi connectivity index (χ2v) is 4.42. The molecule has 2 rings (SSSR count). The van der Waals surface area contributed by atoms with Gasteiger partial charge < -0.3 is 10.4 Å². The van der Waals surface area contributed by atoms with Gasteiger partial charge in [0.05, 0.1) is 0 Å². The van der Waals surface area contributed by atoms with Gasteiger partial charge in [-0.3, -0.25) is 9.59 Å². The van der Waals surface area contributed by atoms with Crippen LogP contribution in [0.2, 0.25) is 0 Å². The number of nitrogens with one attached hydrogen (secondary N) is 2. The summed E-state index contributed by atoms with van der Waals surface area (Å²) < 4.78 is 0. The molecule has 0 aliphatic rings. The third-order valence-corrected chi connectivity index (χ3v) is 2.85. The van der Waals surface area contributed by atoms with Crippen molar-refractivity contribution < 1.29 is 14.7 Å². The molecular weight excluding hydrogens is 274 g/mol. The van der Waals surface area contributed by atoms with Gasteiger partial charge in [-0.25, -0.2) is 0 Å². The van der Waals surface area contributed by atoms with Crippen molar-refractivity contribution in [2.24, 2.45) is 0 Å². The minimum atomic E-state index is -0.821. The number of carbonyl (C=O) groups is 2. The first-order valence-electron chi connectivity index (χ1n) is 6.50. The lowest BCUT2D eigenvalue weighted by Crippen LogP contribution is -2.24. The molecule has 0 spiro atoms. The van der Waals surface area contributed by atoms with E-state index in [1.807, 2.05) is 0 Å². The molecule has 0 fully saturated rings. The first-order valence-corrected chi connectivity index (χ1v) is 6.50. The predicted molar refractivity (Wildman–Crippen MR) is 73.4 cm³/mol. The Kier molecular flexibility index (Phi) is 4.97. The number of amides is 1. The van der Waals surface area contributed by atoms with Gasteiger partial charge in [0.1, 0.15) is 0 Å². The van der Waals surface area contributed by atoms with Crippen LogP contribution in [0.15, 0.2) is 24.3 Å². The lowest BCUT2D eigenvalue weighted by atomic mass is 10.1. The first kappa shape index (κ1) is 14.6. The van der Waals surface area contributed by atoms with Crippen LogP contribution in [0.25, 0.3) is 11.4 Å². The molecule has 0 bridgehead atoms. The van der Waals surface area contributed by atoms with E-state index in [9.17, 15) is 9.59 Å². The molecule has 0 unspecified atom stereocenters. The first-order chi connectivity index (χ1) is 10.2. The van der Waals surface area contributed by atoms with Gasteiger partial charge in [0.15, 0.2) is 0 Å². The number of nitrogens with zero attached hydrogens (tertiary/aromatic N) is 3. The number of H-pyrrole nitrogens is 1. The maximum Gasteiger partial charge on any atom is 0.303 e. The zero-order chi connectivity index (χ0) is 15.1. The largest absolute Gasteiger partial charge is 0.481 e. The van der Waals surface area contributed by atoms with Crippen LogP contribution in [0.3, 0.4) is 0 Å². The molecule has 0 saturated carbocycles. The van der Waals surface area contributed by atoms with E-state index in [0.717, 1.165) is 5.56 Å². The quantitative estimate of drug-likeness (QED) is 0.650. The summed E-state index contributed by atoms with van der Waals surface area (Å²) in [6.07, 6.45) is 1.31. The smallest absolute Gasteiger partial charge is 0.303 e. The Morgan fingerprint density at radius 3 is 2.57 bits per heavy atom. The van der Waals surface area contributed by atoms with Gasteiger partial charge in [-0.05, 0) is 30.2 Å². The number of tetrazole rings is 1. The number of carbonyl (C=O) groups excluding carboxylic acids is 1. The Hall–Kier alpha value is -2.77. The molecule has 0 radical (unpaired) electrons. The van der Waals surface area contributed by atoms with Crippen molar-refractivity contribution in [3.63, 3.8) is 0 Å². The van der Waals surface area contributed by atoms with Gasteiger partial charge in [0.2, 0.25) is 5.82 Å². The fraction of sp³-hybridized carbons (Fsp3) is 0.308. The minimum absolute atomic E-state index is 0.120. The van der Waals surface area contributed by atoms with E-state index < -0.39 is 5.97 Å². The van der Waals surface area contributed by atoms with Crippen LogP contribution < -0.4 is 5.32 Å². The van der Waals surface area contributed by atoms with E-state index in [1.54, 1.807) is 24.3 Å². The molecule has 1 heterocycles. The third kappa shape index (κ3) is 4.37. The molecule has 1 aromatic heterocycles. The van der Waals surface area contributed by atoms with Gasteiger partial charge in [0.25, 0.3) is 5.91 Å². The number of aliphatic carboxylic acids is 1. The Labute approximate surface area is 120 Å². The summed E-state index contributed by atoms with van der Waals surface area (Å²) in [6, 6.07) is 6.84. The highest BCUT2D eigenvalue weighted by atomic mass is 16.4. The van der Waals surface area contributed by atoms with E-state index in [1.165, 1.54) is 0 Å². The van der Waals surface area contributed by atoms with Crippen LogP contribution in [0.5, 0.6) is 0 Å². The molecule has 0 atom stereocenters. The number of rotatable bonds is 7. The summed E-state index contributed by atoms with van der Waals surface area (Å²) in [5, 5.41) is 24.8. The van der Waals surface area contributed by atoms with Gasteiger partial charge in [-0.1, -0.05) is 12.1 Å². The highest BCUT2D eigenvalue weighted by Crippen LogP contribution is 2.13. The van der Waals surface area contributed by atoms with Crippen molar-refractivity contribution in [1.29, 1.82) is 0 Å². The summed E-state index contributed by atoms with van der Waals surface area (Å²) in [7, 11) is 0. The Bertz CT molecular complexity index is 595. The number of unbranched alkanes of at least 4 members (excludes halogenated alkanes) is 1. The summed E-state index contributed by atoms with van der Waals surface area (Å²) >= 11 is 0. The van der Waals surface area contributed by atoms with E-state index in [2.05, 4.69) is 25.9 Å². The molecule has 2 aromatic rings. The van der Waals surface area contributed by atoms with Crippen molar-refractivity contribution in [3.05, 3.63) is 29.8 Å². The van der Waals surface area contributed by atoms with Crippen LogP contribution in [0.4, 0.5) is 0 Å². The molecule has 1 amide bonds. The maximum absolute atomic E-state index is 11.9. The number of aromatic amines is 1. The topological polar surface area (TPSA) is 121 Å². The van der Waals surface area contributed by atoms with Crippen LogP contribution in [0, 0.1) is 0 Å². The minimum Gasteiger partial charge on any atom is -0.481 e. The molecule has 0 saturated heterocycles. The Balaban J connectivity index is 1.81. The molecule has 8 nitrogen and oxygen atoms in total. The fourth-order valence-corrected chi connectivity index (χ4v) is 1.76. The van der Waals surface area contributed by atoms with Crippen LogP contribution in [-0.4, -0.2) is 44.2 Å². The standard InChI is InChI=1S/C13H15N5O3/c19-11(20)3-1-2-8-14-13(21)10-6-4-9(5-7-10)12-15-17-18-16-12/h4-7H,1-3,8H2,(H,14,21)(H,19,20)(H,15,16,17,18). The SMILES string of the molecule is O=C(O)CCCCNC(=O)c1ccc(-c2nn[nH]n2)cc1. The van der Waals surface area contributed by atoms with Crippen molar-refractivity contribution in [1.82, 2.24) is 25.9 Å². The van der Waals surface area contributed by atoms with E-state index >= 15 is 0 Å². The summed E-state index contributed by atoms with van der Waals surface area (Å²) in [5.74, 6) is -0.543.